The fourth-order valence-corrected chi connectivity index (χ4v) is 3.04. The maximum atomic E-state index is 13.0. The van der Waals surface area contributed by atoms with Crippen LogP contribution in [0.4, 0.5) is 0 Å². The molecule has 1 aromatic heterocycles. The zero-order valence-corrected chi connectivity index (χ0v) is 15.3. The van der Waals surface area contributed by atoms with E-state index in [9.17, 15) is 9.59 Å². The van der Waals surface area contributed by atoms with Gasteiger partial charge in [0.05, 0.1) is 12.8 Å². The van der Waals surface area contributed by atoms with Crippen molar-refractivity contribution >= 4 is 11.8 Å². The molecule has 1 aromatic carbocycles. The highest BCUT2D eigenvalue weighted by molar-refractivity contribution is 5.85. The minimum atomic E-state index is -0.0402. The summed E-state index contributed by atoms with van der Waals surface area (Å²) < 4.78 is 5.43. The van der Waals surface area contributed by atoms with Crippen molar-refractivity contribution in [1.82, 2.24) is 9.80 Å². The first-order valence-electron chi connectivity index (χ1n) is 9.31. The average molecular weight is 354 g/mol. The van der Waals surface area contributed by atoms with Crippen LogP contribution in [0.2, 0.25) is 0 Å². The smallest absolute Gasteiger partial charge is 0.242 e. The summed E-state index contributed by atoms with van der Waals surface area (Å²) in [5, 5.41) is 0. The Hall–Kier alpha value is -2.56. The molecule has 0 saturated heterocycles. The van der Waals surface area contributed by atoms with Crippen LogP contribution in [0.25, 0.3) is 0 Å². The van der Waals surface area contributed by atoms with Gasteiger partial charge in [0.1, 0.15) is 12.3 Å². The van der Waals surface area contributed by atoms with Crippen molar-refractivity contribution in [1.29, 1.82) is 0 Å². The third-order valence-corrected chi connectivity index (χ3v) is 4.57. The molecule has 0 bridgehead atoms. The van der Waals surface area contributed by atoms with E-state index in [1.54, 1.807) is 16.1 Å². The van der Waals surface area contributed by atoms with Crippen molar-refractivity contribution in [3.63, 3.8) is 0 Å². The molecule has 5 nitrogen and oxygen atoms in total. The van der Waals surface area contributed by atoms with Gasteiger partial charge in [0.25, 0.3) is 0 Å². The highest BCUT2D eigenvalue weighted by Crippen LogP contribution is 2.27. The summed E-state index contributed by atoms with van der Waals surface area (Å²) in [6, 6.07) is 13.8. The Kier molecular flexibility index (Phi) is 6.10. The molecule has 2 aromatic rings. The van der Waals surface area contributed by atoms with Gasteiger partial charge in [-0.25, -0.2) is 0 Å². The van der Waals surface area contributed by atoms with Gasteiger partial charge in [-0.05, 0) is 37.0 Å². The second-order valence-electron chi connectivity index (χ2n) is 6.82. The fraction of sp³-hybridized carbons (Fsp3) is 0.429. The van der Waals surface area contributed by atoms with Gasteiger partial charge in [0, 0.05) is 19.0 Å². The van der Waals surface area contributed by atoms with Crippen molar-refractivity contribution in [3.8, 4) is 0 Å². The molecule has 0 unspecified atom stereocenters. The molecule has 1 aliphatic rings. The number of carbonyl (C=O) groups is 2. The van der Waals surface area contributed by atoms with Gasteiger partial charge in [-0.2, -0.15) is 0 Å². The molecule has 138 valence electrons. The van der Waals surface area contributed by atoms with Gasteiger partial charge < -0.3 is 14.2 Å². The number of rotatable bonds is 9. The Morgan fingerprint density at radius 3 is 2.42 bits per heavy atom. The fourth-order valence-electron chi connectivity index (χ4n) is 3.04. The quantitative estimate of drug-likeness (QED) is 0.691. The molecule has 3 rings (SSSR count). The summed E-state index contributed by atoms with van der Waals surface area (Å²) >= 11 is 0. The van der Waals surface area contributed by atoms with E-state index in [1.165, 1.54) is 0 Å². The van der Waals surface area contributed by atoms with E-state index in [-0.39, 0.29) is 24.4 Å². The van der Waals surface area contributed by atoms with Crippen molar-refractivity contribution in [2.75, 3.05) is 6.54 Å². The number of amides is 2. The van der Waals surface area contributed by atoms with Gasteiger partial charge in [0.2, 0.25) is 11.8 Å². The largest absolute Gasteiger partial charge is 0.467 e. The Balaban J connectivity index is 1.71. The first kappa shape index (κ1) is 18.2. The van der Waals surface area contributed by atoms with E-state index < -0.39 is 0 Å². The summed E-state index contributed by atoms with van der Waals surface area (Å²) in [4.78, 5) is 28.9. The monoisotopic (exact) mass is 354 g/mol. The molecule has 1 heterocycles. The lowest BCUT2D eigenvalue weighted by Gasteiger charge is -2.27. The van der Waals surface area contributed by atoms with Crippen molar-refractivity contribution in [2.45, 2.75) is 51.7 Å². The van der Waals surface area contributed by atoms with Crippen LogP contribution in [-0.4, -0.2) is 34.2 Å². The number of furan rings is 1. The average Bonchev–Trinajstić information content (AvgIpc) is 3.36. The van der Waals surface area contributed by atoms with Crippen LogP contribution in [0.5, 0.6) is 0 Å². The van der Waals surface area contributed by atoms with Crippen LogP contribution in [0.1, 0.15) is 43.9 Å². The zero-order valence-electron chi connectivity index (χ0n) is 15.3. The van der Waals surface area contributed by atoms with Crippen LogP contribution >= 0.6 is 0 Å². The molecule has 1 saturated carbocycles. The molecule has 5 heteroatoms. The summed E-state index contributed by atoms with van der Waals surface area (Å²) in [6.07, 6.45) is 4.91. The molecule has 0 N–H and O–H groups in total. The minimum absolute atomic E-state index is 0.0402. The summed E-state index contributed by atoms with van der Waals surface area (Å²) in [7, 11) is 0. The number of carbonyl (C=O) groups excluding carboxylic acids is 2. The molecular weight excluding hydrogens is 328 g/mol. The Bertz CT molecular complexity index is 708. The Morgan fingerprint density at radius 1 is 1.04 bits per heavy atom. The van der Waals surface area contributed by atoms with Gasteiger partial charge >= 0.3 is 0 Å². The van der Waals surface area contributed by atoms with Crippen molar-refractivity contribution in [2.24, 2.45) is 0 Å². The van der Waals surface area contributed by atoms with E-state index in [1.807, 2.05) is 49.4 Å². The number of hydrogen-bond acceptors (Lipinski definition) is 3. The van der Waals surface area contributed by atoms with Crippen LogP contribution in [0.15, 0.2) is 53.1 Å². The van der Waals surface area contributed by atoms with Crippen LogP contribution < -0.4 is 0 Å². The Labute approximate surface area is 154 Å². The zero-order chi connectivity index (χ0) is 18.4. The Morgan fingerprint density at radius 2 is 1.81 bits per heavy atom. The molecule has 1 aliphatic carbocycles. The molecule has 0 spiro atoms. The molecule has 0 radical (unpaired) electrons. The molecule has 1 fully saturated rings. The second-order valence-corrected chi connectivity index (χ2v) is 6.82. The SMILES string of the molecule is CCCC(=O)N(CC(=O)N(Cc1ccccc1)Cc1ccco1)C1CC1. The topological polar surface area (TPSA) is 53.8 Å². The highest BCUT2D eigenvalue weighted by Gasteiger charge is 2.34. The highest BCUT2D eigenvalue weighted by atomic mass is 16.3. The van der Waals surface area contributed by atoms with Crippen LogP contribution in [0, 0.1) is 0 Å². The first-order chi connectivity index (χ1) is 12.7. The lowest BCUT2D eigenvalue weighted by Crippen LogP contribution is -2.43. The standard InChI is InChI=1S/C21H26N2O3/c1-2-7-20(24)23(18-11-12-18)16-21(25)22(15-19-10-6-13-26-19)14-17-8-4-3-5-9-17/h3-6,8-10,13,18H,2,7,11-12,14-16H2,1H3. The van der Waals surface area contributed by atoms with Gasteiger partial charge in [-0.3, -0.25) is 9.59 Å². The van der Waals surface area contributed by atoms with E-state index in [4.69, 9.17) is 4.42 Å². The molecule has 0 atom stereocenters. The molecular formula is C21H26N2O3. The predicted octanol–water partition coefficient (Wildman–Crippen LogP) is 3.60. The van der Waals surface area contributed by atoms with Crippen LogP contribution in [0.3, 0.4) is 0 Å². The normalized spacial score (nSPS) is 13.4. The second kappa shape index (κ2) is 8.70. The molecule has 26 heavy (non-hydrogen) atoms. The molecule has 0 aliphatic heterocycles. The maximum Gasteiger partial charge on any atom is 0.242 e. The summed E-state index contributed by atoms with van der Waals surface area (Å²) in [6.45, 7) is 3.04. The van der Waals surface area contributed by atoms with E-state index >= 15 is 0 Å². The van der Waals surface area contributed by atoms with Gasteiger partial charge in [-0.15, -0.1) is 0 Å². The summed E-state index contributed by atoms with van der Waals surface area (Å²) in [5.41, 5.74) is 1.06. The number of nitrogens with zero attached hydrogens (tertiary/aromatic N) is 2. The number of benzene rings is 1. The lowest BCUT2D eigenvalue weighted by molar-refractivity contribution is -0.142. The van der Waals surface area contributed by atoms with E-state index in [0.29, 0.717) is 19.5 Å². The maximum absolute atomic E-state index is 13.0. The minimum Gasteiger partial charge on any atom is -0.467 e. The number of hydrogen-bond donors (Lipinski definition) is 0. The molecule has 2 amide bonds. The third kappa shape index (κ3) is 4.97. The van der Waals surface area contributed by atoms with E-state index in [0.717, 1.165) is 30.6 Å². The lowest BCUT2D eigenvalue weighted by atomic mass is 10.2. The van der Waals surface area contributed by atoms with Crippen LogP contribution in [-0.2, 0) is 22.7 Å². The third-order valence-electron chi connectivity index (χ3n) is 4.57. The van der Waals surface area contributed by atoms with Crippen molar-refractivity contribution in [3.05, 3.63) is 60.1 Å². The summed E-state index contributed by atoms with van der Waals surface area (Å²) in [5.74, 6) is 0.787. The predicted molar refractivity (Wildman–Crippen MR) is 99.0 cm³/mol. The van der Waals surface area contributed by atoms with Gasteiger partial charge in [0.15, 0.2) is 0 Å². The first-order valence-corrected chi connectivity index (χ1v) is 9.31. The van der Waals surface area contributed by atoms with E-state index in [2.05, 4.69) is 0 Å². The van der Waals surface area contributed by atoms with Crippen molar-refractivity contribution < 1.29 is 14.0 Å². The van der Waals surface area contributed by atoms with Gasteiger partial charge in [-0.1, -0.05) is 37.3 Å².